The third-order valence-electron chi connectivity index (χ3n) is 2.98. The van der Waals surface area contributed by atoms with Crippen molar-refractivity contribution in [2.24, 2.45) is 4.99 Å². The molecule has 0 spiro atoms. The second kappa shape index (κ2) is 10.6. The van der Waals surface area contributed by atoms with Crippen LogP contribution in [-0.4, -0.2) is 41.1 Å². The number of benzene rings is 1. The molecule has 0 fully saturated rings. The summed E-state index contributed by atoms with van der Waals surface area (Å²) in [6.45, 7) is 8.55. The van der Waals surface area contributed by atoms with Crippen molar-refractivity contribution >= 4 is 40.0 Å². The zero-order valence-corrected chi connectivity index (χ0v) is 16.9. The van der Waals surface area contributed by atoms with E-state index in [9.17, 15) is 8.42 Å². The number of hydrogen-bond acceptors (Lipinski definition) is 3. The fourth-order valence-corrected chi connectivity index (χ4v) is 3.19. The van der Waals surface area contributed by atoms with E-state index in [-0.39, 0.29) is 30.5 Å². The van der Waals surface area contributed by atoms with Gasteiger partial charge < -0.3 is 10.6 Å². The molecule has 6 nitrogen and oxygen atoms in total. The van der Waals surface area contributed by atoms with Crippen molar-refractivity contribution in [3.63, 3.8) is 0 Å². The Labute approximate surface area is 155 Å². The van der Waals surface area contributed by atoms with Gasteiger partial charge in [0.05, 0.1) is 4.90 Å². The van der Waals surface area contributed by atoms with Gasteiger partial charge in [0, 0.05) is 26.7 Å². The van der Waals surface area contributed by atoms with Gasteiger partial charge in [-0.2, -0.15) is 0 Å². The van der Waals surface area contributed by atoms with Gasteiger partial charge in [-0.15, -0.1) is 30.6 Å². The van der Waals surface area contributed by atoms with Crippen molar-refractivity contribution in [2.75, 3.05) is 26.7 Å². The monoisotopic (exact) mass is 452 g/mol. The Hall–Kier alpha value is -1.13. The van der Waals surface area contributed by atoms with Crippen molar-refractivity contribution in [1.82, 2.24) is 15.4 Å². The number of guanidine groups is 1. The molecule has 0 aliphatic rings. The van der Waals surface area contributed by atoms with E-state index in [1.54, 1.807) is 26.1 Å². The van der Waals surface area contributed by atoms with Gasteiger partial charge in [-0.1, -0.05) is 18.2 Å². The van der Waals surface area contributed by atoms with E-state index < -0.39 is 10.0 Å². The molecule has 0 heterocycles. The fourth-order valence-electron chi connectivity index (χ4n) is 1.83. The Morgan fingerprint density at radius 2 is 1.96 bits per heavy atom. The lowest BCUT2D eigenvalue weighted by atomic mass is 10.2. The largest absolute Gasteiger partial charge is 0.355 e. The van der Waals surface area contributed by atoms with Crippen LogP contribution in [0.5, 0.6) is 0 Å². The molecule has 1 rings (SSSR count). The minimum absolute atomic E-state index is 0. The van der Waals surface area contributed by atoms with Crippen LogP contribution in [0.25, 0.3) is 0 Å². The molecular formula is C15H25IN4O2S. The molecule has 8 heteroatoms. The smallest absolute Gasteiger partial charge is 0.240 e. The van der Waals surface area contributed by atoms with Gasteiger partial charge in [-0.3, -0.25) is 4.99 Å². The Morgan fingerprint density at radius 3 is 2.57 bits per heavy atom. The SMILES string of the molecule is C=CCNC(=NC)NCCNS(=O)(=O)c1cc(C)ccc1C.I. The molecule has 0 aliphatic carbocycles. The first kappa shape index (κ1) is 21.9. The molecule has 0 radical (unpaired) electrons. The van der Waals surface area contributed by atoms with Crippen molar-refractivity contribution in [3.05, 3.63) is 42.0 Å². The highest BCUT2D eigenvalue weighted by Gasteiger charge is 2.16. The van der Waals surface area contributed by atoms with Crippen molar-refractivity contribution < 1.29 is 8.42 Å². The van der Waals surface area contributed by atoms with Crippen LogP contribution in [0.15, 0.2) is 40.7 Å². The maximum Gasteiger partial charge on any atom is 0.240 e. The Kier molecular flexibility index (Phi) is 10.1. The van der Waals surface area contributed by atoms with Crippen LogP contribution >= 0.6 is 24.0 Å². The second-order valence-electron chi connectivity index (χ2n) is 4.84. The van der Waals surface area contributed by atoms with Gasteiger partial charge >= 0.3 is 0 Å². The summed E-state index contributed by atoms with van der Waals surface area (Å²) in [7, 11) is -1.85. The molecule has 1 aromatic rings. The number of aryl methyl sites for hydroxylation is 2. The van der Waals surface area contributed by atoms with Crippen LogP contribution in [0.2, 0.25) is 0 Å². The van der Waals surface area contributed by atoms with Gasteiger partial charge in [-0.05, 0) is 31.0 Å². The lowest BCUT2D eigenvalue weighted by Crippen LogP contribution is -2.41. The third-order valence-corrected chi connectivity index (χ3v) is 4.58. The number of halogens is 1. The Balaban J connectivity index is 0.00000484. The molecule has 3 N–H and O–H groups in total. The zero-order chi connectivity index (χ0) is 16.6. The molecule has 130 valence electrons. The third kappa shape index (κ3) is 7.32. The number of nitrogens with zero attached hydrogens (tertiary/aromatic N) is 1. The highest BCUT2D eigenvalue weighted by atomic mass is 127. The predicted molar refractivity (Wildman–Crippen MR) is 106 cm³/mol. The van der Waals surface area contributed by atoms with Crippen molar-refractivity contribution in [2.45, 2.75) is 18.7 Å². The standard InChI is InChI=1S/C15H24N4O2S.HI/c1-5-8-17-15(16-4)18-9-10-19-22(20,21)14-11-12(2)6-7-13(14)3;/h5-7,11,19H,1,8-10H2,2-4H3,(H2,16,17,18);1H. The fraction of sp³-hybridized carbons (Fsp3) is 0.400. The van der Waals surface area contributed by atoms with Crippen molar-refractivity contribution in [1.29, 1.82) is 0 Å². The molecule has 0 aromatic heterocycles. The Bertz CT molecular complexity index is 645. The summed E-state index contributed by atoms with van der Waals surface area (Å²) >= 11 is 0. The molecule has 0 atom stereocenters. The molecule has 0 bridgehead atoms. The summed E-state index contributed by atoms with van der Waals surface area (Å²) in [5.41, 5.74) is 1.65. The molecular weight excluding hydrogens is 427 g/mol. The van der Waals surface area contributed by atoms with E-state index in [4.69, 9.17) is 0 Å². The lowest BCUT2D eigenvalue weighted by Gasteiger charge is -2.12. The van der Waals surface area contributed by atoms with Crippen LogP contribution in [0.1, 0.15) is 11.1 Å². The average Bonchev–Trinajstić information content (AvgIpc) is 2.49. The summed E-state index contributed by atoms with van der Waals surface area (Å²) in [6.07, 6.45) is 1.72. The summed E-state index contributed by atoms with van der Waals surface area (Å²) in [5.74, 6) is 0.603. The normalized spacial score (nSPS) is 11.5. The molecule has 0 amide bonds. The highest BCUT2D eigenvalue weighted by molar-refractivity contribution is 14.0. The van der Waals surface area contributed by atoms with E-state index in [0.717, 1.165) is 11.1 Å². The Morgan fingerprint density at radius 1 is 1.26 bits per heavy atom. The molecule has 0 saturated heterocycles. The maximum atomic E-state index is 12.3. The number of sulfonamides is 1. The van der Waals surface area contributed by atoms with E-state index >= 15 is 0 Å². The van der Waals surface area contributed by atoms with Crippen LogP contribution in [0.3, 0.4) is 0 Å². The summed E-state index contributed by atoms with van der Waals surface area (Å²) in [4.78, 5) is 4.33. The topological polar surface area (TPSA) is 82.6 Å². The first-order valence-corrected chi connectivity index (χ1v) is 8.51. The van der Waals surface area contributed by atoms with Crippen LogP contribution in [0, 0.1) is 13.8 Å². The highest BCUT2D eigenvalue weighted by Crippen LogP contribution is 2.16. The summed E-state index contributed by atoms with van der Waals surface area (Å²) in [6, 6.07) is 5.38. The number of nitrogens with one attached hydrogen (secondary N) is 3. The molecule has 0 unspecified atom stereocenters. The van der Waals surface area contributed by atoms with Crippen LogP contribution in [-0.2, 0) is 10.0 Å². The minimum atomic E-state index is -3.50. The van der Waals surface area contributed by atoms with Gasteiger partial charge in [-0.25, -0.2) is 13.1 Å². The van der Waals surface area contributed by atoms with Gasteiger partial charge in [0.25, 0.3) is 0 Å². The summed E-state index contributed by atoms with van der Waals surface area (Å²) < 4.78 is 27.2. The number of hydrogen-bond donors (Lipinski definition) is 3. The quantitative estimate of drug-likeness (QED) is 0.193. The maximum absolute atomic E-state index is 12.3. The first-order valence-electron chi connectivity index (χ1n) is 7.03. The number of aliphatic imine (C=N–C) groups is 1. The van der Waals surface area contributed by atoms with Gasteiger partial charge in [0.2, 0.25) is 10.0 Å². The first-order chi connectivity index (χ1) is 10.4. The number of rotatable bonds is 7. The van der Waals surface area contributed by atoms with Gasteiger partial charge in [0.15, 0.2) is 5.96 Å². The lowest BCUT2D eigenvalue weighted by molar-refractivity contribution is 0.580. The predicted octanol–water partition coefficient (Wildman–Crippen LogP) is 1.55. The van der Waals surface area contributed by atoms with E-state index in [2.05, 4.69) is 26.9 Å². The zero-order valence-electron chi connectivity index (χ0n) is 13.7. The molecule has 0 saturated carbocycles. The molecule has 23 heavy (non-hydrogen) atoms. The van der Waals surface area contributed by atoms with Crippen molar-refractivity contribution in [3.8, 4) is 0 Å². The minimum Gasteiger partial charge on any atom is -0.355 e. The van der Waals surface area contributed by atoms with Crippen LogP contribution in [0.4, 0.5) is 0 Å². The van der Waals surface area contributed by atoms with E-state index in [1.165, 1.54) is 0 Å². The van der Waals surface area contributed by atoms with E-state index in [1.807, 2.05) is 19.1 Å². The van der Waals surface area contributed by atoms with E-state index in [0.29, 0.717) is 23.9 Å². The summed E-state index contributed by atoms with van der Waals surface area (Å²) in [5, 5.41) is 6.03. The average molecular weight is 452 g/mol. The second-order valence-corrected chi connectivity index (χ2v) is 6.57. The molecule has 0 aliphatic heterocycles. The van der Waals surface area contributed by atoms with Crippen LogP contribution < -0.4 is 15.4 Å². The molecule has 1 aromatic carbocycles. The van der Waals surface area contributed by atoms with Gasteiger partial charge in [0.1, 0.15) is 0 Å².